The molecule has 1 atom stereocenters. The summed E-state index contributed by atoms with van der Waals surface area (Å²) in [6.45, 7) is 2.40. The van der Waals surface area contributed by atoms with Gasteiger partial charge in [0.2, 0.25) is 20.0 Å². The van der Waals surface area contributed by atoms with Crippen molar-refractivity contribution in [3.8, 4) is 0 Å². The van der Waals surface area contributed by atoms with Gasteiger partial charge in [0.05, 0.1) is 12.5 Å². The summed E-state index contributed by atoms with van der Waals surface area (Å²) in [4.78, 5) is 0. The van der Waals surface area contributed by atoms with Crippen LogP contribution in [0, 0.1) is 0 Å². The SMILES string of the molecule is C[C@H]1CN(S(C)(=O)=O)CCN1S(C)(=O)=O. The minimum Gasteiger partial charge on any atom is -0.213 e. The topological polar surface area (TPSA) is 74.8 Å². The van der Waals surface area contributed by atoms with Crippen molar-refractivity contribution in [3.63, 3.8) is 0 Å². The Morgan fingerprint density at radius 3 is 1.87 bits per heavy atom. The Hall–Kier alpha value is -0.180. The Bertz CT molecular complexity index is 428. The number of hydrogen-bond donors (Lipinski definition) is 0. The van der Waals surface area contributed by atoms with Gasteiger partial charge in [-0.1, -0.05) is 0 Å². The summed E-state index contributed by atoms with van der Waals surface area (Å²) < 4.78 is 47.7. The monoisotopic (exact) mass is 256 g/mol. The summed E-state index contributed by atoms with van der Waals surface area (Å²) in [7, 11) is -6.45. The van der Waals surface area contributed by atoms with Crippen molar-refractivity contribution in [3.05, 3.63) is 0 Å². The van der Waals surface area contributed by atoms with Gasteiger partial charge in [-0.2, -0.15) is 8.61 Å². The molecule has 0 saturated carbocycles. The number of rotatable bonds is 2. The molecule has 1 fully saturated rings. The van der Waals surface area contributed by atoms with Crippen LogP contribution in [-0.2, 0) is 20.0 Å². The standard InChI is InChI=1S/C7H16N2O4S2/c1-7-6-8(14(2,10)11)4-5-9(7)15(3,12)13/h7H,4-6H2,1-3H3/t7-/m0/s1. The normalized spacial score (nSPS) is 26.7. The van der Waals surface area contributed by atoms with E-state index in [1.165, 1.54) is 8.61 Å². The molecular weight excluding hydrogens is 240 g/mol. The lowest BCUT2D eigenvalue weighted by Gasteiger charge is -2.36. The van der Waals surface area contributed by atoms with E-state index in [-0.39, 0.29) is 25.7 Å². The van der Waals surface area contributed by atoms with Gasteiger partial charge in [0.15, 0.2) is 0 Å². The highest BCUT2D eigenvalue weighted by Gasteiger charge is 2.32. The Morgan fingerprint density at radius 2 is 1.53 bits per heavy atom. The molecule has 1 aliphatic rings. The highest BCUT2D eigenvalue weighted by atomic mass is 32.2. The van der Waals surface area contributed by atoms with Crippen molar-refractivity contribution < 1.29 is 16.8 Å². The first-order chi connectivity index (χ1) is 6.62. The van der Waals surface area contributed by atoms with E-state index in [1.54, 1.807) is 6.92 Å². The predicted octanol–water partition coefficient (Wildman–Crippen LogP) is -1.09. The quantitative estimate of drug-likeness (QED) is 0.629. The zero-order chi connectivity index (χ0) is 11.9. The third-order valence-electron chi connectivity index (χ3n) is 2.42. The molecule has 1 heterocycles. The summed E-state index contributed by atoms with van der Waals surface area (Å²) in [6, 6.07) is -0.302. The first-order valence-electron chi connectivity index (χ1n) is 4.54. The second kappa shape index (κ2) is 4.00. The highest BCUT2D eigenvalue weighted by molar-refractivity contribution is 7.88. The van der Waals surface area contributed by atoms with E-state index < -0.39 is 20.0 Å². The lowest BCUT2D eigenvalue weighted by atomic mass is 10.3. The van der Waals surface area contributed by atoms with Crippen LogP contribution in [0.1, 0.15) is 6.92 Å². The van der Waals surface area contributed by atoms with E-state index in [2.05, 4.69) is 0 Å². The molecule has 0 unspecified atom stereocenters. The first kappa shape index (κ1) is 12.9. The summed E-state index contributed by atoms with van der Waals surface area (Å²) in [6.07, 6.45) is 2.27. The Balaban J connectivity index is 2.81. The van der Waals surface area contributed by atoms with E-state index in [4.69, 9.17) is 0 Å². The Morgan fingerprint density at radius 1 is 1.00 bits per heavy atom. The molecule has 0 N–H and O–H groups in total. The zero-order valence-electron chi connectivity index (χ0n) is 9.04. The van der Waals surface area contributed by atoms with E-state index >= 15 is 0 Å². The van der Waals surface area contributed by atoms with Crippen LogP contribution < -0.4 is 0 Å². The first-order valence-corrected chi connectivity index (χ1v) is 8.24. The maximum Gasteiger partial charge on any atom is 0.211 e. The number of hydrogen-bond acceptors (Lipinski definition) is 4. The van der Waals surface area contributed by atoms with Gasteiger partial charge >= 0.3 is 0 Å². The fourth-order valence-corrected chi connectivity index (χ4v) is 3.73. The Kier molecular flexibility index (Phi) is 3.44. The summed E-state index contributed by atoms with van der Waals surface area (Å²) in [5.74, 6) is 0. The predicted molar refractivity (Wildman–Crippen MR) is 57.4 cm³/mol. The van der Waals surface area contributed by atoms with Crippen LogP contribution in [0.4, 0.5) is 0 Å². The highest BCUT2D eigenvalue weighted by Crippen LogP contribution is 2.14. The molecule has 0 radical (unpaired) electrons. The van der Waals surface area contributed by atoms with Crippen molar-refractivity contribution in [2.45, 2.75) is 13.0 Å². The number of piperazine rings is 1. The van der Waals surface area contributed by atoms with Gasteiger partial charge in [-0.3, -0.25) is 0 Å². The number of sulfonamides is 2. The number of nitrogens with zero attached hydrogens (tertiary/aromatic N) is 2. The van der Waals surface area contributed by atoms with Crippen LogP contribution in [0.2, 0.25) is 0 Å². The lowest BCUT2D eigenvalue weighted by Crippen LogP contribution is -2.54. The average molecular weight is 256 g/mol. The molecule has 0 aliphatic carbocycles. The average Bonchev–Trinajstić information content (AvgIpc) is 1.99. The molecule has 1 saturated heterocycles. The smallest absolute Gasteiger partial charge is 0.211 e. The molecule has 6 nitrogen and oxygen atoms in total. The van der Waals surface area contributed by atoms with Crippen molar-refractivity contribution >= 4 is 20.0 Å². The third kappa shape index (κ3) is 3.13. The minimum absolute atomic E-state index is 0.228. The summed E-state index contributed by atoms with van der Waals surface area (Å²) in [5, 5.41) is 0. The molecule has 0 aromatic carbocycles. The van der Waals surface area contributed by atoms with E-state index in [0.29, 0.717) is 0 Å². The van der Waals surface area contributed by atoms with E-state index in [9.17, 15) is 16.8 Å². The molecule has 0 spiro atoms. The van der Waals surface area contributed by atoms with Gasteiger partial charge in [0, 0.05) is 25.7 Å². The zero-order valence-corrected chi connectivity index (χ0v) is 10.7. The largest absolute Gasteiger partial charge is 0.213 e. The van der Waals surface area contributed by atoms with Crippen LogP contribution in [0.5, 0.6) is 0 Å². The van der Waals surface area contributed by atoms with Gasteiger partial charge in [0.25, 0.3) is 0 Å². The molecule has 15 heavy (non-hydrogen) atoms. The Labute approximate surface area is 91.0 Å². The van der Waals surface area contributed by atoms with Gasteiger partial charge in [0.1, 0.15) is 0 Å². The second-order valence-corrected chi connectivity index (χ2v) is 7.76. The summed E-state index contributed by atoms with van der Waals surface area (Å²) >= 11 is 0. The van der Waals surface area contributed by atoms with Crippen molar-refractivity contribution in [2.24, 2.45) is 0 Å². The van der Waals surface area contributed by atoms with Crippen molar-refractivity contribution in [2.75, 3.05) is 32.1 Å². The van der Waals surface area contributed by atoms with Crippen LogP contribution in [-0.4, -0.2) is 63.6 Å². The van der Waals surface area contributed by atoms with Gasteiger partial charge in [-0.25, -0.2) is 16.8 Å². The maximum atomic E-state index is 11.3. The van der Waals surface area contributed by atoms with Gasteiger partial charge < -0.3 is 0 Å². The molecule has 0 amide bonds. The fraction of sp³-hybridized carbons (Fsp3) is 1.00. The minimum atomic E-state index is -3.23. The van der Waals surface area contributed by atoms with Crippen molar-refractivity contribution in [1.29, 1.82) is 0 Å². The fourth-order valence-electron chi connectivity index (χ4n) is 1.70. The molecule has 8 heteroatoms. The molecular formula is C7H16N2O4S2. The molecule has 0 aromatic rings. The second-order valence-electron chi connectivity index (χ2n) is 3.84. The van der Waals surface area contributed by atoms with Crippen LogP contribution in [0.15, 0.2) is 0 Å². The van der Waals surface area contributed by atoms with Gasteiger partial charge in [-0.05, 0) is 6.92 Å². The van der Waals surface area contributed by atoms with Gasteiger partial charge in [-0.15, -0.1) is 0 Å². The molecule has 1 aliphatic heterocycles. The molecule has 1 rings (SSSR count). The van der Waals surface area contributed by atoms with Crippen LogP contribution in [0.3, 0.4) is 0 Å². The van der Waals surface area contributed by atoms with E-state index in [0.717, 1.165) is 12.5 Å². The third-order valence-corrected chi connectivity index (χ3v) is 5.09. The van der Waals surface area contributed by atoms with Crippen LogP contribution >= 0.6 is 0 Å². The van der Waals surface area contributed by atoms with E-state index in [1.807, 2.05) is 0 Å². The molecule has 0 bridgehead atoms. The molecule has 90 valence electrons. The maximum absolute atomic E-state index is 11.3. The van der Waals surface area contributed by atoms with Crippen molar-refractivity contribution in [1.82, 2.24) is 8.61 Å². The van der Waals surface area contributed by atoms with Crippen LogP contribution in [0.25, 0.3) is 0 Å². The molecule has 0 aromatic heterocycles. The lowest BCUT2D eigenvalue weighted by molar-refractivity contribution is 0.214. The summed E-state index contributed by atoms with van der Waals surface area (Å²) in [5.41, 5.74) is 0.